The van der Waals surface area contributed by atoms with Gasteiger partial charge in [-0.1, -0.05) is 12.1 Å². The topological polar surface area (TPSA) is 67.8 Å². The van der Waals surface area contributed by atoms with E-state index in [1.54, 1.807) is 24.3 Å². The molecule has 152 valence electrons. The smallest absolute Gasteiger partial charge is 0.416 e. The van der Waals surface area contributed by atoms with Crippen molar-refractivity contribution in [3.05, 3.63) is 65.2 Å². The molecule has 2 rings (SSSR count). The van der Waals surface area contributed by atoms with Crippen molar-refractivity contribution in [2.24, 2.45) is 0 Å². The number of halogens is 3. The highest BCUT2D eigenvalue weighted by molar-refractivity contribution is 5.89. The van der Waals surface area contributed by atoms with Crippen molar-refractivity contribution in [3.63, 3.8) is 0 Å². The molecule has 0 saturated heterocycles. The van der Waals surface area contributed by atoms with Crippen molar-refractivity contribution in [2.45, 2.75) is 25.2 Å². The van der Waals surface area contributed by atoms with E-state index >= 15 is 0 Å². The summed E-state index contributed by atoms with van der Waals surface area (Å²) in [6.45, 7) is 2.17. The molecule has 0 spiro atoms. The molecular weight excluding hydrogens is 375 g/mol. The summed E-state index contributed by atoms with van der Waals surface area (Å²) in [6.07, 6.45) is -5.53. The summed E-state index contributed by atoms with van der Waals surface area (Å²) in [5.74, 6) is 0.116. The molecule has 0 heterocycles. The number of hydrogen-bond acceptors (Lipinski definition) is 5. The van der Waals surface area contributed by atoms with E-state index in [0.717, 1.165) is 12.1 Å². The Hall–Kier alpha value is -2.58. The quantitative estimate of drug-likeness (QED) is 0.667. The first-order chi connectivity index (χ1) is 13.2. The summed E-state index contributed by atoms with van der Waals surface area (Å²) < 4.78 is 48.5. The molecule has 2 atom stereocenters. The van der Waals surface area contributed by atoms with Gasteiger partial charge in [0.25, 0.3) is 0 Å². The lowest BCUT2D eigenvalue weighted by molar-refractivity contribution is -0.137. The molecule has 0 aliphatic carbocycles. The zero-order chi connectivity index (χ0) is 20.7. The van der Waals surface area contributed by atoms with E-state index in [4.69, 9.17) is 4.74 Å². The fraction of sp³-hybridized carbons (Fsp3) is 0.350. The zero-order valence-electron chi connectivity index (χ0n) is 15.5. The summed E-state index contributed by atoms with van der Waals surface area (Å²) in [4.78, 5) is 11.4. The molecule has 0 aromatic heterocycles. The van der Waals surface area contributed by atoms with Crippen LogP contribution in [0.4, 0.5) is 13.2 Å². The Morgan fingerprint density at radius 3 is 2.46 bits per heavy atom. The lowest BCUT2D eigenvalue weighted by atomic mass is 10.1. The van der Waals surface area contributed by atoms with E-state index in [1.807, 2.05) is 6.92 Å². The summed E-state index contributed by atoms with van der Waals surface area (Å²) in [5.41, 5.74) is -0.199. The minimum atomic E-state index is -4.45. The maximum atomic E-state index is 12.8. The second kappa shape index (κ2) is 9.57. The summed E-state index contributed by atoms with van der Waals surface area (Å²) in [5, 5.41) is 13.2. The molecular formula is C20H22F3NO4. The van der Waals surface area contributed by atoms with Gasteiger partial charge in [-0.05, 0) is 48.9 Å². The van der Waals surface area contributed by atoms with Crippen LogP contribution in [0.25, 0.3) is 0 Å². The van der Waals surface area contributed by atoms with Gasteiger partial charge >= 0.3 is 12.1 Å². The number of ether oxygens (including phenoxy) is 2. The van der Waals surface area contributed by atoms with Crippen LogP contribution >= 0.6 is 0 Å². The maximum Gasteiger partial charge on any atom is 0.416 e. The van der Waals surface area contributed by atoms with Crippen molar-refractivity contribution in [1.82, 2.24) is 5.32 Å². The third-order valence-corrected chi connectivity index (χ3v) is 4.03. The first-order valence-corrected chi connectivity index (χ1v) is 8.60. The Labute approximate surface area is 161 Å². The van der Waals surface area contributed by atoms with Crippen LogP contribution in [0.15, 0.2) is 48.5 Å². The molecule has 0 saturated carbocycles. The Balaban J connectivity index is 1.82. The van der Waals surface area contributed by atoms with Crippen LogP contribution in [0.2, 0.25) is 0 Å². The number of nitrogens with one attached hydrogen (secondary N) is 1. The number of rotatable bonds is 8. The monoisotopic (exact) mass is 397 g/mol. The van der Waals surface area contributed by atoms with Crippen LogP contribution in [0.3, 0.4) is 0 Å². The minimum absolute atomic E-state index is 0.0765. The van der Waals surface area contributed by atoms with Crippen LogP contribution in [0.1, 0.15) is 34.5 Å². The largest absolute Gasteiger partial charge is 0.492 e. The molecule has 0 bridgehead atoms. The standard InChI is InChI=1S/C20H22F3NO4/c1-13(12-28-17-8-6-14(7-9-17)19(26)27-2)24-11-18(25)15-4-3-5-16(10-15)20(21,22)23/h3-10,13,18,24-25H,11-12H2,1-2H3. The molecule has 2 unspecified atom stereocenters. The number of carbonyl (C=O) groups is 1. The van der Waals surface area contributed by atoms with Gasteiger partial charge in [0.15, 0.2) is 0 Å². The third-order valence-electron chi connectivity index (χ3n) is 4.03. The van der Waals surface area contributed by atoms with Crippen molar-refractivity contribution in [1.29, 1.82) is 0 Å². The van der Waals surface area contributed by atoms with Gasteiger partial charge in [-0.15, -0.1) is 0 Å². The number of benzene rings is 2. The fourth-order valence-electron chi connectivity index (χ4n) is 2.44. The lowest BCUT2D eigenvalue weighted by Gasteiger charge is -2.19. The van der Waals surface area contributed by atoms with Gasteiger partial charge in [0.05, 0.1) is 24.3 Å². The lowest BCUT2D eigenvalue weighted by Crippen LogP contribution is -2.35. The van der Waals surface area contributed by atoms with Crippen molar-refractivity contribution < 1.29 is 32.5 Å². The van der Waals surface area contributed by atoms with Crippen LogP contribution in [0, 0.1) is 0 Å². The van der Waals surface area contributed by atoms with Gasteiger partial charge in [0.2, 0.25) is 0 Å². The van der Waals surface area contributed by atoms with Crippen LogP contribution in [0.5, 0.6) is 5.75 Å². The van der Waals surface area contributed by atoms with Gasteiger partial charge in [-0.2, -0.15) is 13.2 Å². The second-order valence-electron chi connectivity index (χ2n) is 6.28. The van der Waals surface area contributed by atoms with E-state index in [2.05, 4.69) is 10.1 Å². The van der Waals surface area contributed by atoms with Gasteiger partial charge in [0.1, 0.15) is 12.4 Å². The first-order valence-electron chi connectivity index (χ1n) is 8.60. The summed E-state index contributed by atoms with van der Waals surface area (Å²) in [6, 6.07) is 10.9. The van der Waals surface area contributed by atoms with E-state index in [9.17, 15) is 23.1 Å². The highest BCUT2D eigenvalue weighted by atomic mass is 19.4. The Morgan fingerprint density at radius 1 is 1.18 bits per heavy atom. The Morgan fingerprint density at radius 2 is 1.86 bits per heavy atom. The van der Waals surface area contributed by atoms with Gasteiger partial charge in [-0.3, -0.25) is 0 Å². The summed E-state index contributed by atoms with van der Waals surface area (Å²) >= 11 is 0. The van der Waals surface area contributed by atoms with E-state index < -0.39 is 23.8 Å². The fourth-order valence-corrected chi connectivity index (χ4v) is 2.44. The Bertz CT molecular complexity index is 778. The Kier molecular flexibility index (Phi) is 7.42. The molecule has 8 heteroatoms. The second-order valence-corrected chi connectivity index (χ2v) is 6.28. The maximum absolute atomic E-state index is 12.8. The molecule has 0 aliphatic rings. The molecule has 0 aliphatic heterocycles. The first kappa shape index (κ1) is 21.7. The van der Waals surface area contributed by atoms with Gasteiger partial charge in [0, 0.05) is 12.6 Å². The number of hydrogen-bond donors (Lipinski definition) is 2. The number of alkyl halides is 3. The molecule has 0 amide bonds. The predicted molar refractivity (Wildman–Crippen MR) is 97.1 cm³/mol. The number of aliphatic hydroxyl groups is 1. The number of carbonyl (C=O) groups excluding carboxylic acids is 1. The average Bonchev–Trinajstić information content (AvgIpc) is 2.69. The van der Waals surface area contributed by atoms with Gasteiger partial charge < -0.3 is 19.9 Å². The minimum Gasteiger partial charge on any atom is -0.492 e. The SMILES string of the molecule is COC(=O)c1ccc(OCC(C)NCC(O)c2cccc(C(F)(F)F)c2)cc1. The van der Waals surface area contributed by atoms with Crippen LogP contribution < -0.4 is 10.1 Å². The highest BCUT2D eigenvalue weighted by Crippen LogP contribution is 2.30. The molecule has 2 aromatic carbocycles. The van der Waals surface area contributed by atoms with E-state index in [0.29, 0.717) is 11.3 Å². The number of esters is 1. The van der Waals surface area contributed by atoms with E-state index in [-0.39, 0.29) is 24.8 Å². The van der Waals surface area contributed by atoms with Gasteiger partial charge in [-0.25, -0.2) is 4.79 Å². The zero-order valence-corrected chi connectivity index (χ0v) is 15.5. The van der Waals surface area contributed by atoms with Crippen molar-refractivity contribution in [3.8, 4) is 5.75 Å². The highest BCUT2D eigenvalue weighted by Gasteiger charge is 2.30. The average molecular weight is 397 g/mol. The molecule has 0 radical (unpaired) electrons. The summed E-state index contributed by atoms with van der Waals surface area (Å²) in [7, 11) is 1.30. The molecule has 5 nitrogen and oxygen atoms in total. The molecule has 28 heavy (non-hydrogen) atoms. The van der Waals surface area contributed by atoms with Crippen LogP contribution in [-0.2, 0) is 10.9 Å². The third kappa shape index (κ3) is 6.24. The molecule has 0 fully saturated rings. The van der Waals surface area contributed by atoms with Crippen molar-refractivity contribution in [2.75, 3.05) is 20.3 Å². The van der Waals surface area contributed by atoms with Crippen LogP contribution in [-0.4, -0.2) is 37.4 Å². The van der Waals surface area contributed by atoms with Crippen molar-refractivity contribution >= 4 is 5.97 Å². The predicted octanol–water partition coefficient (Wildman–Crippen LogP) is 3.58. The molecule has 2 N–H and O–H groups in total. The number of methoxy groups -OCH3 is 1. The molecule has 2 aromatic rings. The number of aliphatic hydroxyl groups excluding tert-OH is 1. The normalized spacial score (nSPS) is 13.6. The van der Waals surface area contributed by atoms with E-state index in [1.165, 1.54) is 19.2 Å².